The van der Waals surface area contributed by atoms with Crippen molar-refractivity contribution in [2.45, 2.75) is 32.7 Å². The molecule has 0 unspecified atom stereocenters. The highest BCUT2D eigenvalue weighted by molar-refractivity contribution is 5.89. The van der Waals surface area contributed by atoms with E-state index in [1.165, 1.54) is 12.5 Å². The Morgan fingerprint density at radius 3 is 2.89 bits per heavy atom. The molecule has 10 heteroatoms. The molecule has 1 amide bonds. The number of hydrogen-bond donors (Lipinski definition) is 1. The third-order valence-electron chi connectivity index (χ3n) is 3.92. The number of fused-ring (bicyclic) bond motifs is 1. The highest BCUT2D eigenvalue weighted by atomic mass is 19.1. The lowest BCUT2D eigenvalue weighted by molar-refractivity contribution is -0.117. The van der Waals surface area contributed by atoms with Gasteiger partial charge in [-0.2, -0.15) is 5.10 Å². The van der Waals surface area contributed by atoms with E-state index in [1.54, 1.807) is 22.7 Å². The van der Waals surface area contributed by atoms with Crippen LogP contribution in [0.4, 0.5) is 10.2 Å². The van der Waals surface area contributed by atoms with Crippen LogP contribution in [-0.4, -0.2) is 43.3 Å². The summed E-state index contributed by atoms with van der Waals surface area (Å²) in [6.07, 6.45) is 4.74. The quantitative estimate of drug-likeness (QED) is 0.590. The molecule has 0 aliphatic rings. The van der Waals surface area contributed by atoms with Gasteiger partial charge in [-0.05, 0) is 6.07 Å². The van der Waals surface area contributed by atoms with E-state index in [9.17, 15) is 14.0 Å². The molecule has 3 rings (SSSR count). The fourth-order valence-electron chi connectivity index (χ4n) is 2.65. The van der Waals surface area contributed by atoms with Crippen molar-refractivity contribution in [1.29, 1.82) is 0 Å². The molecule has 0 aromatic carbocycles. The topological polar surface area (TPSA) is 103 Å². The average molecular weight is 388 g/mol. The highest BCUT2D eigenvalue weighted by Gasteiger charge is 2.17. The maximum atomic E-state index is 12.8. The predicted molar refractivity (Wildman–Crippen MR) is 100 cm³/mol. The van der Waals surface area contributed by atoms with Gasteiger partial charge in [0, 0.05) is 24.6 Å². The number of anilines is 1. The fraction of sp³-hybridized carbons (Fsp3) is 0.389. The van der Waals surface area contributed by atoms with E-state index >= 15 is 0 Å². The molecule has 3 aromatic rings. The Morgan fingerprint density at radius 2 is 2.21 bits per heavy atom. The average Bonchev–Trinajstić information content (AvgIpc) is 3.09. The predicted octanol–water partition coefficient (Wildman–Crippen LogP) is 1.79. The molecule has 0 saturated carbocycles. The van der Waals surface area contributed by atoms with Gasteiger partial charge in [0.2, 0.25) is 5.91 Å². The molecule has 0 aliphatic carbocycles. The molecule has 9 nitrogen and oxygen atoms in total. The zero-order valence-electron chi connectivity index (χ0n) is 15.6. The molecule has 0 bridgehead atoms. The van der Waals surface area contributed by atoms with E-state index in [2.05, 4.69) is 20.4 Å². The van der Waals surface area contributed by atoms with E-state index in [-0.39, 0.29) is 25.5 Å². The van der Waals surface area contributed by atoms with Crippen molar-refractivity contribution >= 4 is 17.2 Å². The van der Waals surface area contributed by atoms with Crippen molar-refractivity contribution in [3.8, 4) is 5.75 Å². The Balaban J connectivity index is 1.90. The summed E-state index contributed by atoms with van der Waals surface area (Å²) in [4.78, 5) is 32.8. The van der Waals surface area contributed by atoms with Crippen molar-refractivity contribution in [1.82, 2.24) is 24.1 Å². The first-order valence-electron chi connectivity index (χ1n) is 8.87. The first-order chi connectivity index (χ1) is 13.5. The van der Waals surface area contributed by atoms with E-state index in [4.69, 9.17) is 4.74 Å². The van der Waals surface area contributed by atoms with Crippen LogP contribution in [0.3, 0.4) is 0 Å². The van der Waals surface area contributed by atoms with Crippen LogP contribution >= 0.6 is 0 Å². The van der Waals surface area contributed by atoms with Crippen LogP contribution in [0.15, 0.2) is 35.6 Å². The van der Waals surface area contributed by atoms with E-state index in [0.717, 1.165) is 4.68 Å². The second-order valence-electron chi connectivity index (χ2n) is 6.44. The number of nitrogens with zero attached hydrogens (tertiary/aromatic N) is 5. The van der Waals surface area contributed by atoms with E-state index < -0.39 is 18.1 Å². The first-order valence-corrected chi connectivity index (χ1v) is 8.87. The minimum absolute atomic E-state index is 0.00892. The summed E-state index contributed by atoms with van der Waals surface area (Å²) < 4.78 is 20.5. The highest BCUT2D eigenvalue weighted by Crippen LogP contribution is 2.20. The lowest BCUT2D eigenvalue weighted by Crippen LogP contribution is -2.32. The van der Waals surface area contributed by atoms with Crippen molar-refractivity contribution in [2.24, 2.45) is 0 Å². The Kier molecular flexibility index (Phi) is 5.97. The Hall–Kier alpha value is -3.30. The maximum Gasteiger partial charge on any atom is 0.291 e. The minimum atomic E-state index is -0.472. The van der Waals surface area contributed by atoms with Gasteiger partial charge in [0.05, 0.1) is 19.5 Å². The lowest BCUT2D eigenvalue weighted by Gasteiger charge is -2.12. The number of amides is 1. The molecule has 28 heavy (non-hydrogen) atoms. The lowest BCUT2D eigenvalue weighted by atomic mass is 10.2. The molecule has 0 fully saturated rings. The number of rotatable bonds is 8. The van der Waals surface area contributed by atoms with Crippen molar-refractivity contribution in [3.05, 3.63) is 47.0 Å². The van der Waals surface area contributed by atoms with Crippen LogP contribution in [0.25, 0.3) is 5.52 Å². The molecule has 3 aromatic heterocycles. The molecule has 0 radical (unpaired) electrons. The van der Waals surface area contributed by atoms with Crippen LogP contribution < -0.4 is 15.6 Å². The Labute approximate surface area is 160 Å². The summed E-state index contributed by atoms with van der Waals surface area (Å²) in [6.45, 7) is 3.35. The number of alkyl halides is 1. The van der Waals surface area contributed by atoms with Crippen molar-refractivity contribution < 1.29 is 13.9 Å². The molecule has 3 heterocycles. The van der Waals surface area contributed by atoms with Gasteiger partial charge in [-0.15, -0.1) is 0 Å². The number of carbonyl (C=O) groups is 1. The molecule has 1 N–H and O–H groups in total. The number of nitrogens with one attached hydrogen (secondary N) is 1. The van der Waals surface area contributed by atoms with E-state index in [0.29, 0.717) is 22.9 Å². The second kappa shape index (κ2) is 8.59. The van der Waals surface area contributed by atoms with E-state index in [1.807, 2.05) is 13.8 Å². The second-order valence-corrected chi connectivity index (χ2v) is 6.44. The standard InChI is InChI=1S/C18H21FN6O3/c1-12(2)17-23-25(10-16(26)22-15-4-6-20-11-21-15)18(27)14-8-13(9-24(14)17)28-7-3-5-19/h4,6,8-9,11-12H,3,5,7,10H2,1-2H3,(H,20,21,22,26). The summed E-state index contributed by atoms with van der Waals surface area (Å²) in [5.41, 5.74) is -0.0913. The normalized spacial score (nSPS) is 11.1. The molecular weight excluding hydrogens is 367 g/mol. The maximum absolute atomic E-state index is 12.8. The van der Waals surface area contributed by atoms with Crippen LogP contribution in [0.2, 0.25) is 0 Å². The Bertz CT molecular complexity index is 1020. The number of aromatic nitrogens is 5. The fourth-order valence-corrected chi connectivity index (χ4v) is 2.65. The SMILES string of the molecule is CC(C)c1nn(CC(=O)Nc2ccncn2)c(=O)c2cc(OCCCF)cn12. The van der Waals surface area contributed by atoms with Crippen molar-refractivity contribution in [3.63, 3.8) is 0 Å². The van der Waals surface area contributed by atoms with Gasteiger partial charge in [0.15, 0.2) is 0 Å². The summed E-state index contributed by atoms with van der Waals surface area (Å²) in [5.74, 6) is 0.954. The monoisotopic (exact) mass is 388 g/mol. The smallest absolute Gasteiger partial charge is 0.291 e. The number of carbonyl (C=O) groups excluding carboxylic acids is 1. The van der Waals surface area contributed by atoms with Crippen LogP contribution in [0.1, 0.15) is 32.0 Å². The van der Waals surface area contributed by atoms with Crippen molar-refractivity contribution in [2.75, 3.05) is 18.6 Å². The van der Waals surface area contributed by atoms with Crippen LogP contribution in [0.5, 0.6) is 5.75 Å². The van der Waals surface area contributed by atoms with Gasteiger partial charge in [-0.25, -0.2) is 14.6 Å². The minimum Gasteiger partial charge on any atom is -0.492 e. The zero-order valence-corrected chi connectivity index (χ0v) is 15.6. The number of hydrogen-bond acceptors (Lipinski definition) is 6. The van der Waals surface area contributed by atoms with Crippen LogP contribution in [-0.2, 0) is 11.3 Å². The first kappa shape index (κ1) is 19.5. The van der Waals surface area contributed by atoms with Gasteiger partial charge in [0.1, 0.15) is 35.8 Å². The van der Waals surface area contributed by atoms with Gasteiger partial charge in [-0.3, -0.25) is 18.4 Å². The molecular formula is C18H21FN6O3. The van der Waals surface area contributed by atoms with Gasteiger partial charge >= 0.3 is 0 Å². The van der Waals surface area contributed by atoms with Gasteiger partial charge in [-0.1, -0.05) is 13.8 Å². The Morgan fingerprint density at radius 1 is 1.39 bits per heavy atom. The summed E-state index contributed by atoms with van der Waals surface area (Å²) in [7, 11) is 0. The molecule has 0 atom stereocenters. The number of halogens is 1. The molecule has 0 aliphatic heterocycles. The summed E-state index contributed by atoms with van der Waals surface area (Å²) in [5, 5.41) is 6.95. The largest absolute Gasteiger partial charge is 0.492 e. The summed E-state index contributed by atoms with van der Waals surface area (Å²) >= 11 is 0. The van der Waals surface area contributed by atoms with Crippen LogP contribution in [0, 0.1) is 0 Å². The summed E-state index contributed by atoms with van der Waals surface area (Å²) in [6, 6.07) is 3.12. The van der Waals surface area contributed by atoms with Gasteiger partial charge in [0.25, 0.3) is 5.56 Å². The molecule has 0 saturated heterocycles. The third kappa shape index (κ3) is 4.33. The molecule has 0 spiro atoms. The number of ether oxygens (including phenoxy) is 1. The third-order valence-corrected chi connectivity index (χ3v) is 3.92. The van der Waals surface area contributed by atoms with Gasteiger partial charge < -0.3 is 10.1 Å². The molecule has 148 valence electrons. The zero-order chi connectivity index (χ0) is 20.1.